The van der Waals surface area contributed by atoms with Crippen molar-refractivity contribution >= 4 is 50.1 Å². The maximum Gasteiger partial charge on any atom is 0.322 e. The van der Waals surface area contributed by atoms with E-state index in [0.29, 0.717) is 12.6 Å². The van der Waals surface area contributed by atoms with Crippen molar-refractivity contribution in [2.45, 2.75) is 12.8 Å². The third-order valence-electron chi connectivity index (χ3n) is 1.58. The summed E-state index contributed by atoms with van der Waals surface area (Å²) in [5.74, 6) is -4.68. The molecule has 0 aliphatic heterocycles. The van der Waals surface area contributed by atoms with Crippen LogP contribution in [0.4, 0.5) is 14.5 Å². The number of carbonyl (C=O) groups excluding carboxylic acids is 1. The zero-order valence-corrected chi connectivity index (χ0v) is 11.4. The van der Waals surface area contributed by atoms with Crippen LogP contribution in [0.2, 0.25) is 0 Å². The van der Waals surface area contributed by atoms with Crippen LogP contribution in [0.25, 0.3) is 0 Å². The van der Waals surface area contributed by atoms with E-state index in [1.165, 1.54) is 0 Å². The van der Waals surface area contributed by atoms with Crippen LogP contribution in [0.5, 0.6) is 0 Å². The van der Waals surface area contributed by atoms with Crippen molar-refractivity contribution in [3.63, 3.8) is 0 Å². The molecular weight excluding hydrogens is 383 g/mol. The van der Waals surface area contributed by atoms with Gasteiger partial charge in [-0.2, -0.15) is 8.78 Å². The van der Waals surface area contributed by atoms with Crippen LogP contribution in [0.1, 0.15) is 6.92 Å². The molecule has 15 heavy (non-hydrogen) atoms. The van der Waals surface area contributed by atoms with Crippen LogP contribution in [0.3, 0.4) is 0 Å². The molecule has 6 heteroatoms. The average molecular weight is 390 g/mol. The number of hydrogen-bond donors (Lipinski definition) is 1. The average Bonchev–Trinajstić information content (AvgIpc) is 2.10. The third kappa shape index (κ3) is 3.67. The minimum absolute atomic E-state index is 0.341. The molecule has 1 aromatic rings. The summed E-state index contributed by atoms with van der Waals surface area (Å²) < 4.78 is 26.8. The molecule has 1 amide bonds. The molecule has 0 heterocycles. The van der Waals surface area contributed by atoms with Crippen molar-refractivity contribution < 1.29 is 13.6 Å². The lowest BCUT2D eigenvalue weighted by Crippen LogP contribution is -2.31. The molecule has 0 atom stereocenters. The second-order valence-electron chi connectivity index (χ2n) is 2.97. The molecule has 82 valence electrons. The molecular formula is C9H7BrF2INO. The number of halogens is 4. The summed E-state index contributed by atoms with van der Waals surface area (Å²) in [4.78, 5) is 11.0. The van der Waals surface area contributed by atoms with Gasteiger partial charge >= 0.3 is 5.92 Å². The Morgan fingerprint density at radius 2 is 2.13 bits per heavy atom. The molecule has 0 bridgehead atoms. The lowest BCUT2D eigenvalue weighted by molar-refractivity contribution is -0.137. The predicted octanol–water partition coefficient (Wildman–Crippen LogP) is 3.65. The summed E-state index contributed by atoms with van der Waals surface area (Å²) in [7, 11) is 0. The number of amides is 1. The van der Waals surface area contributed by atoms with E-state index in [2.05, 4.69) is 43.8 Å². The van der Waals surface area contributed by atoms with Gasteiger partial charge in [0.05, 0.1) is 0 Å². The minimum Gasteiger partial charge on any atom is -0.321 e. The van der Waals surface area contributed by atoms with Crippen LogP contribution in [0.15, 0.2) is 22.7 Å². The highest BCUT2D eigenvalue weighted by Crippen LogP contribution is 2.24. The quantitative estimate of drug-likeness (QED) is 0.768. The number of carbonyl (C=O) groups is 1. The SMILES string of the molecule is CC(F)(F)C(=O)Nc1ccc(I)c(Br)c1. The third-order valence-corrected chi connectivity index (χ3v) is 3.91. The number of rotatable bonds is 2. The summed E-state index contributed by atoms with van der Waals surface area (Å²) in [5, 5.41) is 2.13. The van der Waals surface area contributed by atoms with Crippen molar-refractivity contribution in [3.05, 3.63) is 26.2 Å². The van der Waals surface area contributed by atoms with Crippen molar-refractivity contribution in [1.29, 1.82) is 0 Å². The molecule has 0 spiro atoms. The van der Waals surface area contributed by atoms with Gasteiger partial charge in [-0.3, -0.25) is 4.79 Å². The van der Waals surface area contributed by atoms with Gasteiger partial charge in [-0.1, -0.05) is 0 Å². The van der Waals surface area contributed by atoms with E-state index in [4.69, 9.17) is 0 Å². The molecule has 0 radical (unpaired) electrons. The molecule has 0 saturated carbocycles. The topological polar surface area (TPSA) is 29.1 Å². The molecule has 1 N–H and O–H groups in total. The fourth-order valence-electron chi connectivity index (χ4n) is 0.815. The maximum atomic E-state index is 12.6. The second-order valence-corrected chi connectivity index (χ2v) is 4.99. The van der Waals surface area contributed by atoms with E-state index >= 15 is 0 Å². The van der Waals surface area contributed by atoms with Gasteiger partial charge in [0.15, 0.2) is 0 Å². The van der Waals surface area contributed by atoms with Crippen molar-refractivity contribution in [1.82, 2.24) is 0 Å². The van der Waals surface area contributed by atoms with Gasteiger partial charge in [0.25, 0.3) is 5.91 Å². The Bertz CT molecular complexity index is 392. The molecule has 1 rings (SSSR count). The Balaban J connectivity index is 2.83. The van der Waals surface area contributed by atoms with Gasteiger partial charge in [-0.15, -0.1) is 0 Å². The fourth-order valence-corrected chi connectivity index (χ4v) is 1.53. The van der Waals surface area contributed by atoms with Crippen LogP contribution in [0, 0.1) is 3.57 Å². The molecule has 0 aromatic heterocycles. The summed E-state index contributed by atoms with van der Waals surface area (Å²) in [6.45, 7) is 0.560. The predicted molar refractivity (Wildman–Crippen MR) is 66.1 cm³/mol. The summed E-state index contributed by atoms with van der Waals surface area (Å²) >= 11 is 5.32. The number of anilines is 1. The largest absolute Gasteiger partial charge is 0.322 e. The number of alkyl halides is 2. The second kappa shape index (κ2) is 4.73. The first-order valence-electron chi connectivity index (χ1n) is 3.95. The summed E-state index contributed by atoms with van der Waals surface area (Å²) in [6, 6.07) is 4.86. The Morgan fingerprint density at radius 1 is 1.53 bits per heavy atom. The van der Waals surface area contributed by atoms with Gasteiger partial charge in [0, 0.05) is 20.7 Å². The van der Waals surface area contributed by atoms with Crippen molar-refractivity contribution in [2.75, 3.05) is 5.32 Å². The molecule has 0 fully saturated rings. The van der Waals surface area contributed by atoms with E-state index in [-0.39, 0.29) is 0 Å². The van der Waals surface area contributed by atoms with E-state index in [1.807, 2.05) is 0 Å². The number of hydrogen-bond acceptors (Lipinski definition) is 1. The Kier molecular flexibility index (Phi) is 4.05. The van der Waals surface area contributed by atoms with Gasteiger partial charge in [0.2, 0.25) is 0 Å². The molecule has 0 aliphatic rings. The van der Waals surface area contributed by atoms with Crippen LogP contribution < -0.4 is 5.32 Å². The van der Waals surface area contributed by atoms with Crippen LogP contribution in [-0.2, 0) is 4.79 Å². The van der Waals surface area contributed by atoms with Crippen molar-refractivity contribution in [3.8, 4) is 0 Å². The lowest BCUT2D eigenvalue weighted by Gasteiger charge is -2.11. The molecule has 0 unspecified atom stereocenters. The highest BCUT2D eigenvalue weighted by Gasteiger charge is 2.32. The highest BCUT2D eigenvalue weighted by atomic mass is 127. The molecule has 0 saturated heterocycles. The van der Waals surface area contributed by atoms with Gasteiger partial charge in [-0.05, 0) is 56.7 Å². The first-order valence-corrected chi connectivity index (χ1v) is 5.82. The van der Waals surface area contributed by atoms with Gasteiger partial charge in [-0.25, -0.2) is 0 Å². The zero-order valence-electron chi connectivity index (χ0n) is 7.65. The van der Waals surface area contributed by atoms with Crippen LogP contribution >= 0.6 is 38.5 Å². The smallest absolute Gasteiger partial charge is 0.321 e. The highest BCUT2D eigenvalue weighted by molar-refractivity contribution is 14.1. The minimum atomic E-state index is -3.37. The van der Waals surface area contributed by atoms with E-state index in [0.717, 1.165) is 8.04 Å². The molecule has 2 nitrogen and oxygen atoms in total. The first-order chi connectivity index (χ1) is 6.80. The monoisotopic (exact) mass is 389 g/mol. The Hall–Kier alpha value is -0.240. The standard InChI is InChI=1S/C9H7BrF2INO/c1-9(11,12)8(15)14-5-2-3-7(13)6(10)4-5/h2-4H,1H3,(H,14,15). The van der Waals surface area contributed by atoms with Gasteiger partial charge in [0.1, 0.15) is 0 Å². The van der Waals surface area contributed by atoms with Crippen molar-refractivity contribution in [2.24, 2.45) is 0 Å². The normalized spacial score (nSPS) is 11.3. The first kappa shape index (κ1) is 12.8. The van der Waals surface area contributed by atoms with E-state index in [1.54, 1.807) is 18.2 Å². The molecule has 1 aromatic carbocycles. The van der Waals surface area contributed by atoms with Crippen LogP contribution in [-0.4, -0.2) is 11.8 Å². The lowest BCUT2D eigenvalue weighted by atomic mass is 10.3. The number of benzene rings is 1. The Labute approximate surface area is 108 Å². The Morgan fingerprint density at radius 3 is 2.60 bits per heavy atom. The molecule has 0 aliphatic carbocycles. The number of nitrogens with one attached hydrogen (secondary N) is 1. The maximum absolute atomic E-state index is 12.6. The van der Waals surface area contributed by atoms with E-state index < -0.39 is 11.8 Å². The van der Waals surface area contributed by atoms with Gasteiger partial charge < -0.3 is 5.32 Å². The summed E-state index contributed by atoms with van der Waals surface area (Å²) in [5.41, 5.74) is 0.341. The summed E-state index contributed by atoms with van der Waals surface area (Å²) in [6.07, 6.45) is 0. The fraction of sp³-hybridized carbons (Fsp3) is 0.222. The van der Waals surface area contributed by atoms with E-state index in [9.17, 15) is 13.6 Å². The zero-order chi connectivity index (χ0) is 11.6.